The molecule has 2 aliphatic carbocycles. The molecule has 0 amide bonds. The molecule has 0 saturated heterocycles. The average Bonchev–Trinajstić information content (AvgIpc) is 3.70. The Morgan fingerprint density at radius 1 is 0.655 bits per heavy atom. The Morgan fingerprint density at radius 3 is 1.98 bits per heavy atom. The van der Waals surface area contributed by atoms with E-state index in [4.69, 9.17) is 0 Å². The first-order valence-corrected chi connectivity index (χ1v) is 21.5. The van der Waals surface area contributed by atoms with E-state index >= 15 is 0 Å². The predicted octanol–water partition coefficient (Wildman–Crippen LogP) is 16.7. The van der Waals surface area contributed by atoms with Gasteiger partial charge in [0.15, 0.2) is 0 Å². The highest BCUT2D eigenvalue weighted by atomic mass is 32.1. The first-order chi connectivity index (χ1) is 28.0. The molecule has 1 heterocycles. The molecular weight excluding hydrogens is 717 g/mol. The van der Waals surface area contributed by atoms with E-state index in [2.05, 4.69) is 224 Å². The lowest BCUT2D eigenvalue weighted by atomic mass is 9.81. The van der Waals surface area contributed by atoms with Crippen LogP contribution in [0.25, 0.3) is 48.5 Å². The van der Waals surface area contributed by atoms with E-state index in [1.54, 1.807) is 0 Å². The van der Waals surface area contributed by atoms with Gasteiger partial charge in [-0.2, -0.15) is 0 Å². The van der Waals surface area contributed by atoms with Gasteiger partial charge in [0.05, 0.1) is 0 Å². The molecule has 0 spiro atoms. The minimum atomic E-state index is 0.142. The van der Waals surface area contributed by atoms with Gasteiger partial charge in [-0.25, -0.2) is 0 Å². The number of rotatable bonds is 5. The van der Waals surface area contributed by atoms with Gasteiger partial charge >= 0.3 is 0 Å². The topological polar surface area (TPSA) is 0 Å². The average molecular weight is 773 g/mol. The Balaban J connectivity index is 0.000000139. The van der Waals surface area contributed by atoms with Crippen molar-refractivity contribution in [3.63, 3.8) is 0 Å². The molecule has 0 saturated carbocycles. The quantitative estimate of drug-likeness (QED) is 0.153. The van der Waals surface area contributed by atoms with Crippen molar-refractivity contribution < 1.29 is 0 Å². The lowest BCUT2D eigenvalue weighted by Gasteiger charge is -2.22. The van der Waals surface area contributed by atoms with E-state index in [0.29, 0.717) is 5.92 Å². The maximum absolute atomic E-state index is 2.34. The highest BCUT2D eigenvalue weighted by Gasteiger charge is 2.35. The van der Waals surface area contributed by atoms with E-state index in [0.717, 1.165) is 0 Å². The largest absolute Gasteiger partial charge is 0.135 e. The maximum Gasteiger partial charge on any atom is 0.0355 e. The van der Waals surface area contributed by atoms with E-state index in [1.165, 1.54) is 98.9 Å². The Bertz CT molecular complexity index is 2670. The summed E-state index contributed by atoms with van der Waals surface area (Å²) in [7, 11) is 0. The van der Waals surface area contributed by atoms with Crippen LogP contribution in [0.3, 0.4) is 0 Å². The van der Waals surface area contributed by atoms with Crippen LogP contribution in [0.4, 0.5) is 0 Å². The monoisotopic (exact) mass is 772 g/mol. The van der Waals surface area contributed by atoms with Crippen molar-refractivity contribution >= 4 is 48.7 Å². The minimum Gasteiger partial charge on any atom is -0.135 e. The zero-order valence-electron chi connectivity index (χ0n) is 35.4. The molecule has 58 heavy (non-hydrogen) atoms. The standard InChI is InChI=1S/C25H20S.C17H18.C15H18/c1-2-3-9-21(20-10-5-4-6-11-20)16-14-19-15-17-25-23(18-19)22-12-7-8-13-24(22)26-25;1-11-5-7-13-14-8-6-12(2)10-16(14)17(3,4)15(13)9-11;1-11-8-9-13(3)15(10-11)14-7-5-4-6-12(14)2/h2-18H,1H3;5-10H,1-4H3;4-9,11H,10H2,1-3H3/b3-2+,16-14-,21-9+;;. The van der Waals surface area contributed by atoms with Crippen LogP contribution in [-0.2, 0) is 5.41 Å². The molecule has 9 rings (SSSR count). The Hall–Kier alpha value is -5.76. The van der Waals surface area contributed by atoms with E-state index in [-0.39, 0.29) is 5.41 Å². The molecule has 1 unspecified atom stereocenters. The molecule has 0 bridgehead atoms. The molecule has 1 aromatic heterocycles. The molecule has 1 heteroatoms. The van der Waals surface area contributed by atoms with Crippen molar-refractivity contribution in [3.8, 4) is 11.1 Å². The van der Waals surface area contributed by atoms with Gasteiger partial charge in [0.25, 0.3) is 0 Å². The summed E-state index contributed by atoms with van der Waals surface area (Å²) in [4.78, 5) is 0. The normalized spacial score (nSPS) is 15.7. The van der Waals surface area contributed by atoms with Crippen molar-refractivity contribution in [2.45, 2.75) is 67.2 Å². The molecule has 2 aliphatic rings. The summed E-state index contributed by atoms with van der Waals surface area (Å²) in [6.45, 7) is 17.7. The van der Waals surface area contributed by atoms with Crippen LogP contribution in [0.2, 0.25) is 0 Å². The summed E-state index contributed by atoms with van der Waals surface area (Å²) in [5.41, 5.74) is 18.0. The van der Waals surface area contributed by atoms with E-state index in [1.807, 2.05) is 18.3 Å². The number of hydrogen-bond donors (Lipinski definition) is 0. The Kier molecular flexibility index (Phi) is 12.4. The first-order valence-electron chi connectivity index (χ1n) is 20.7. The number of thiophene rings is 1. The molecule has 290 valence electrons. The van der Waals surface area contributed by atoms with Crippen molar-refractivity contribution in [2.75, 3.05) is 0 Å². The third-order valence-corrected chi connectivity index (χ3v) is 12.7. The number of aryl methyl sites for hydroxylation is 3. The zero-order valence-corrected chi connectivity index (χ0v) is 36.3. The predicted molar refractivity (Wildman–Crippen MR) is 258 cm³/mol. The fraction of sp³-hybridized carbons (Fsp3) is 0.193. The second-order valence-electron chi connectivity index (χ2n) is 16.4. The van der Waals surface area contributed by atoms with Gasteiger partial charge in [0.1, 0.15) is 0 Å². The van der Waals surface area contributed by atoms with Gasteiger partial charge in [-0.3, -0.25) is 0 Å². The minimum absolute atomic E-state index is 0.142. The number of hydrogen-bond acceptors (Lipinski definition) is 1. The van der Waals surface area contributed by atoms with Gasteiger partial charge in [-0.15, -0.1) is 11.3 Å². The Morgan fingerprint density at radius 2 is 1.29 bits per heavy atom. The highest BCUT2D eigenvalue weighted by Crippen LogP contribution is 2.49. The summed E-state index contributed by atoms with van der Waals surface area (Å²) in [5.74, 6) is 0.670. The number of benzene rings is 6. The van der Waals surface area contributed by atoms with Crippen LogP contribution in [0.5, 0.6) is 0 Å². The lowest BCUT2D eigenvalue weighted by Crippen LogP contribution is -2.15. The van der Waals surface area contributed by atoms with Gasteiger partial charge in [0, 0.05) is 25.6 Å². The maximum atomic E-state index is 2.34. The Labute approximate surface area is 351 Å². The fourth-order valence-electron chi connectivity index (χ4n) is 8.27. The van der Waals surface area contributed by atoms with Crippen molar-refractivity contribution in [1.82, 2.24) is 0 Å². The fourth-order valence-corrected chi connectivity index (χ4v) is 9.36. The van der Waals surface area contributed by atoms with Crippen LogP contribution >= 0.6 is 11.3 Å². The second-order valence-corrected chi connectivity index (χ2v) is 17.5. The summed E-state index contributed by atoms with van der Waals surface area (Å²) in [6.07, 6.45) is 16.4. The lowest BCUT2D eigenvalue weighted by molar-refractivity contribution is 0.659. The van der Waals surface area contributed by atoms with Crippen LogP contribution < -0.4 is 0 Å². The molecule has 0 N–H and O–H groups in total. The molecule has 7 aromatic rings. The SMILES string of the molecule is C/C=C/C=C(\C=C/c1ccc2sc3ccccc3c2c1)c1ccccc1.CC1=C(c2ccccc2C)CC(C)C=C1.Cc1ccc2c(c1)C(C)(C)c1cc(C)ccc1-2. The number of fused-ring (bicyclic) bond motifs is 6. The highest BCUT2D eigenvalue weighted by molar-refractivity contribution is 7.25. The van der Waals surface area contributed by atoms with Crippen molar-refractivity contribution in [3.05, 3.63) is 220 Å². The summed E-state index contributed by atoms with van der Waals surface area (Å²) in [5, 5.41) is 2.68. The summed E-state index contributed by atoms with van der Waals surface area (Å²) in [6, 6.07) is 48.2. The second kappa shape index (κ2) is 17.8. The smallest absolute Gasteiger partial charge is 0.0355 e. The van der Waals surface area contributed by atoms with Crippen LogP contribution in [0.1, 0.15) is 85.5 Å². The van der Waals surface area contributed by atoms with E-state index in [9.17, 15) is 0 Å². The van der Waals surface area contributed by atoms with Crippen molar-refractivity contribution in [1.29, 1.82) is 0 Å². The van der Waals surface area contributed by atoms with Gasteiger partial charge in [-0.05, 0) is 126 Å². The molecular formula is C57H56S. The van der Waals surface area contributed by atoms with Gasteiger partial charge < -0.3 is 0 Å². The van der Waals surface area contributed by atoms with Gasteiger partial charge in [-0.1, -0.05) is 190 Å². The third kappa shape index (κ3) is 8.86. The summed E-state index contributed by atoms with van der Waals surface area (Å²) < 4.78 is 2.69. The zero-order chi connectivity index (χ0) is 40.8. The van der Waals surface area contributed by atoms with Gasteiger partial charge in [0.2, 0.25) is 0 Å². The van der Waals surface area contributed by atoms with E-state index < -0.39 is 0 Å². The molecule has 6 aromatic carbocycles. The molecule has 0 aliphatic heterocycles. The first kappa shape index (κ1) is 40.4. The molecule has 1 atom stereocenters. The van der Waals surface area contributed by atoms with Crippen molar-refractivity contribution in [2.24, 2.45) is 5.92 Å². The molecule has 0 radical (unpaired) electrons. The summed E-state index contributed by atoms with van der Waals surface area (Å²) >= 11 is 1.86. The number of allylic oxidation sites excluding steroid dienone is 9. The third-order valence-electron chi connectivity index (χ3n) is 11.6. The van der Waals surface area contributed by atoms with Crippen LogP contribution in [0.15, 0.2) is 175 Å². The van der Waals surface area contributed by atoms with Crippen LogP contribution in [-0.4, -0.2) is 0 Å². The van der Waals surface area contributed by atoms with Crippen LogP contribution in [0, 0.1) is 26.7 Å². The molecule has 0 fully saturated rings. The molecule has 0 nitrogen and oxygen atoms in total.